The van der Waals surface area contributed by atoms with Crippen molar-refractivity contribution < 1.29 is 10.6 Å². The highest BCUT2D eigenvalue weighted by molar-refractivity contribution is 5.97. The van der Waals surface area contributed by atoms with Crippen molar-refractivity contribution >= 4 is 22.9 Å². The molecule has 7 nitrogen and oxygen atoms in total. The molecule has 41 heavy (non-hydrogen) atoms. The number of aryl methyl sites for hydroxylation is 1. The molecule has 1 saturated heterocycles. The van der Waals surface area contributed by atoms with Gasteiger partial charge >= 0.3 is 0 Å². The molecule has 230 valence electrons. The van der Waals surface area contributed by atoms with E-state index in [1.54, 1.807) is 12.5 Å². The van der Waals surface area contributed by atoms with Crippen molar-refractivity contribution in [2.45, 2.75) is 105 Å². The summed E-state index contributed by atoms with van der Waals surface area (Å²) in [5.41, 5.74) is 3.74. The number of carbonyl (C=O) groups excluding carboxylic acids is 1. The highest BCUT2D eigenvalue weighted by atomic mass is 16.3. The number of aromatic nitrogens is 2. The van der Waals surface area contributed by atoms with Crippen LogP contribution in [0.4, 0.5) is 5.95 Å². The Morgan fingerprint density at radius 1 is 1.05 bits per heavy atom. The van der Waals surface area contributed by atoms with Crippen LogP contribution in [0.15, 0.2) is 41.2 Å². The topological polar surface area (TPSA) is 75.3 Å². The number of imidazole rings is 1. The lowest BCUT2D eigenvalue weighted by molar-refractivity contribution is 0.0741. The molecule has 1 amide bonds. The Bertz CT molecular complexity index is 1110. The number of nitrogens with zero attached hydrogens (tertiary/aromatic N) is 3. The number of carbonyl (C=O) groups is 1. The minimum absolute atomic E-state index is 0. The Balaban J connectivity index is 0.000000591. The normalized spacial score (nSPS) is 14.0. The summed E-state index contributed by atoms with van der Waals surface area (Å²) in [4.78, 5) is 20.4. The first-order valence-electron chi connectivity index (χ1n) is 16.1. The molecule has 0 atom stereocenters. The average Bonchev–Trinajstić information content (AvgIpc) is 3.57. The molecule has 7 heteroatoms. The van der Waals surface area contributed by atoms with Gasteiger partial charge in [0.2, 0.25) is 5.95 Å². The highest BCUT2D eigenvalue weighted by Crippen LogP contribution is 2.24. The predicted octanol–water partition coefficient (Wildman–Crippen LogP) is 8.36. The molecule has 0 spiro atoms. The Morgan fingerprint density at radius 3 is 2.34 bits per heavy atom. The number of hydrogen-bond acceptors (Lipinski definition) is 5. The van der Waals surface area contributed by atoms with Gasteiger partial charge in [-0.05, 0) is 81.3 Å². The fourth-order valence-electron chi connectivity index (χ4n) is 4.99. The molecule has 0 aliphatic carbocycles. The Kier molecular flexibility index (Phi) is 14.3. The minimum atomic E-state index is 0. The van der Waals surface area contributed by atoms with Crippen molar-refractivity contribution in [1.82, 2.24) is 19.8 Å². The molecular weight excluding hydrogens is 510 g/mol. The summed E-state index contributed by atoms with van der Waals surface area (Å²) in [5, 5.41) is 6.83. The van der Waals surface area contributed by atoms with Crippen LogP contribution in [0.25, 0.3) is 11.0 Å². The zero-order valence-electron chi connectivity index (χ0n) is 26.4. The van der Waals surface area contributed by atoms with Crippen LogP contribution in [-0.2, 0) is 13.1 Å². The van der Waals surface area contributed by atoms with Crippen LogP contribution in [0.2, 0.25) is 0 Å². The summed E-state index contributed by atoms with van der Waals surface area (Å²) < 4.78 is 7.39. The SMILES string of the molecule is C1CCCNCCC1.CCCCn1c(NCc2ccoc2)nc2ccc(C(=O)N(CCC(C)C)CCC(C)C)cc21.[HH]. The molecule has 2 aromatic heterocycles. The molecule has 0 bridgehead atoms. The van der Waals surface area contributed by atoms with Gasteiger partial charge in [-0.2, -0.15) is 0 Å². The van der Waals surface area contributed by atoms with E-state index in [1.807, 2.05) is 29.2 Å². The van der Waals surface area contributed by atoms with Gasteiger partial charge in [0.15, 0.2) is 0 Å². The largest absolute Gasteiger partial charge is 0.472 e. The lowest BCUT2D eigenvalue weighted by atomic mass is 10.1. The molecule has 2 N–H and O–H groups in total. The fraction of sp³-hybridized carbons (Fsp3) is 0.647. The van der Waals surface area contributed by atoms with E-state index < -0.39 is 0 Å². The summed E-state index contributed by atoms with van der Waals surface area (Å²) >= 11 is 0. The summed E-state index contributed by atoms with van der Waals surface area (Å²) in [7, 11) is 0. The summed E-state index contributed by atoms with van der Waals surface area (Å²) in [6.07, 6.45) is 14.7. The average molecular weight is 568 g/mol. The standard InChI is InChI=1S/C27H40N4O2.C7H15N.H2/c1-6-7-13-31-25-17-23(26(32)30(14-10-20(2)3)15-11-21(4)5)8-9-24(25)29-27(31)28-18-22-12-16-33-19-22;1-2-4-6-8-7-5-3-1;/h8-9,12,16-17,19-21H,6-7,10-11,13-15,18H2,1-5H3,(H,28,29);8H,1-7H2;1H. The summed E-state index contributed by atoms with van der Waals surface area (Å²) in [6, 6.07) is 7.89. The molecule has 1 aliphatic heterocycles. The maximum Gasteiger partial charge on any atom is 0.253 e. The van der Waals surface area contributed by atoms with E-state index >= 15 is 0 Å². The van der Waals surface area contributed by atoms with Crippen LogP contribution in [0, 0.1) is 11.8 Å². The molecule has 0 saturated carbocycles. The van der Waals surface area contributed by atoms with Gasteiger partial charge in [-0.25, -0.2) is 4.98 Å². The van der Waals surface area contributed by atoms with E-state index in [1.165, 1.54) is 45.2 Å². The molecular formula is C34H57N5O2. The first-order valence-corrected chi connectivity index (χ1v) is 16.1. The molecule has 1 aliphatic rings. The van der Waals surface area contributed by atoms with Crippen LogP contribution < -0.4 is 10.6 Å². The van der Waals surface area contributed by atoms with Gasteiger partial charge in [0.1, 0.15) is 0 Å². The lowest BCUT2D eigenvalue weighted by Crippen LogP contribution is -2.34. The highest BCUT2D eigenvalue weighted by Gasteiger charge is 2.19. The van der Waals surface area contributed by atoms with Gasteiger partial charge in [-0.1, -0.05) is 60.3 Å². The number of amides is 1. The zero-order chi connectivity index (χ0) is 29.5. The van der Waals surface area contributed by atoms with Crippen LogP contribution in [-0.4, -0.2) is 46.5 Å². The van der Waals surface area contributed by atoms with E-state index in [4.69, 9.17) is 9.40 Å². The fourth-order valence-corrected chi connectivity index (χ4v) is 4.99. The van der Waals surface area contributed by atoms with Gasteiger partial charge in [0, 0.05) is 38.7 Å². The first kappa shape index (κ1) is 32.7. The quantitative estimate of drug-likeness (QED) is 0.217. The van der Waals surface area contributed by atoms with Gasteiger partial charge in [-0.15, -0.1) is 0 Å². The van der Waals surface area contributed by atoms with E-state index in [-0.39, 0.29) is 7.33 Å². The summed E-state index contributed by atoms with van der Waals surface area (Å²) in [6.45, 7) is 16.6. The van der Waals surface area contributed by atoms with Gasteiger partial charge in [0.25, 0.3) is 5.91 Å². The molecule has 3 heterocycles. The van der Waals surface area contributed by atoms with Gasteiger partial charge in [0.05, 0.1) is 23.6 Å². The van der Waals surface area contributed by atoms with E-state index in [0.29, 0.717) is 18.4 Å². The van der Waals surface area contributed by atoms with Crippen molar-refractivity contribution in [1.29, 1.82) is 0 Å². The molecule has 4 rings (SSSR count). The van der Waals surface area contributed by atoms with Gasteiger partial charge < -0.3 is 24.5 Å². The number of benzene rings is 1. The minimum Gasteiger partial charge on any atom is -0.472 e. The number of furan rings is 1. The number of unbranched alkanes of at least 4 members (excludes halogenated alkanes) is 1. The van der Waals surface area contributed by atoms with E-state index in [2.05, 4.69) is 49.8 Å². The van der Waals surface area contributed by atoms with Crippen LogP contribution in [0.3, 0.4) is 0 Å². The molecule has 0 radical (unpaired) electrons. The Morgan fingerprint density at radius 2 is 1.73 bits per heavy atom. The van der Waals surface area contributed by atoms with Crippen LogP contribution >= 0.6 is 0 Å². The van der Waals surface area contributed by atoms with Crippen molar-refractivity contribution in [3.63, 3.8) is 0 Å². The second-order valence-electron chi connectivity index (χ2n) is 12.3. The predicted molar refractivity (Wildman–Crippen MR) is 174 cm³/mol. The lowest BCUT2D eigenvalue weighted by Gasteiger charge is -2.24. The third kappa shape index (κ3) is 11.2. The summed E-state index contributed by atoms with van der Waals surface area (Å²) in [5.74, 6) is 2.09. The number of rotatable bonds is 13. The second kappa shape index (κ2) is 17.9. The van der Waals surface area contributed by atoms with E-state index in [9.17, 15) is 4.79 Å². The van der Waals surface area contributed by atoms with Crippen LogP contribution in [0.5, 0.6) is 0 Å². The first-order chi connectivity index (χ1) is 19.9. The third-order valence-corrected chi connectivity index (χ3v) is 7.71. The third-order valence-electron chi connectivity index (χ3n) is 7.71. The monoisotopic (exact) mass is 567 g/mol. The van der Waals surface area contributed by atoms with Crippen LogP contribution in [0.1, 0.15) is 110 Å². The van der Waals surface area contributed by atoms with Crippen molar-refractivity contribution in [3.8, 4) is 0 Å². The maximum absolute atomic E-state index is 13.5. The van der Waals surface area contributed by atoms with Crippen molar-refractivity contribution in [2.24, 2.45) is 11.8 Å². The molecule has 0 unspecified atom stereocenters. The number of fused-ring (bicyclic) bond motifs is 1. The number of hydrogen-bond donors (Lipinski definition) is 2. The molecule has 3 aromatic rings. The Hall–Kier alpha value is -2.80. The maximum atomic E-state index is 13.5. The smallest absolute Gasteiger partial charge is 0.253 e. The Labute approximate surface area is 250 Å². The number of anilines is 1. The van der Waals surface area contributed by atoms with Gasteiger partial charge in [-0.3, -0.25) is 4.79 Å². The molecule has 1 aromatic carbocycles. The van der Waals surface area contributed by atoms with Crippen molar-refractivity contribution in [2.75, 3.05) is 31.5 Å². The number of nitrogens with one attached hydrogen (secondary N) is 2. The molecule has 1 fully saturated rings. The van der Waals surface area contributed by atoms with Crippen molar-refractivity contribution in [3.05, 3.63) is 47.9 Å². The second-order valence-corrected chi connectivity index (χ2v) is 12.3. The zero-order valence-corrected chi connectivity index (χ0v) is 26.4. The van der Waals surface area contributed by atoms with E-state index in [0.717, 1.165) is 73.4 Å².